The molecule has 1 amide bonds. The van der Waals surface area contributed by atoms with Crippen molar-refractivity contribution in [3.8, 4) is 11.5 Å². The number of carboxylic acid groups (broad SMARTS) is 1. The zero-order chi connectivity index (χ0) is 15.4. The molecule has 1 heterocycles. The van der Waals surface area contributed by atoms with Crippen LogP contribution in [0.4, 0.5) is 0 Å². The van der Waals surface area contributed by atoms with Crippen molar-refractivity contribution in [1.29, 1.82) is 0 Å². The SMILES string of the molecule is COc1ccc(O)c(C(=O)NCc2ccc(C(=O)O)o2)c1. The van der Waals surface area contributed by atoms with Crippen molar-refractivity contribution in [1.82, 2.24) is 5.32 Å². The summed E-state index contributed by atoms with van der Waals surface area (Å²) in [5.74, 6) is -1.37. The van der Waals surface area contributed by atoms with E-state index in [0.717, 1.165) is 0 Å². The van der Waals surface area contributed by atoms with Crippen molar-refractivity contribution >= 4 is 11.9 Å². The zero-order valence-corrected chi connectivity index (χ0v) is 11.1. The fourth-order valence-electron chi connectivity index (χ4n) is 1.67. The van der Waals surface area contributed by atoms with E-state index in [1.165, 1.54) is 37.4 Å². The first kappa shape index (κ1) is 14.4. The molecule has 7 nitrogen and oxygen atoms in total. The maximum absolute atomic E-state index is 12.0. The van der Waals surface area contributed by atoms with E-state index in [1.54, 1.807) is 0 Å². The summed E-state index contributed by atoms with van der Waals surface area (Å²) in [5.41, 5.74) is 0.0550. The van der Waals surface area contributed by atoms with Gasteiger partial charge in [-0.2, -0.15) is 0 Å². The maximum Gasteiger partial charge on any atom is 0.371 e. The summed E-state index contributed by atoms with van der Waals surface area (Å²) in [5, 5.41) is 20.9. The predicted octanol–water partition coefficient (Wildman–Crippen LogP) is 1.62. The summed E-state index contributed by atoms with van der Waals surface area (Å²) in [7, 11) is 1.45. The van der Waals surface area contributed by atoms with Gasteiger partial charge in [0, 0.05) is 0 Å². The molecule has 110 valence electrons. The molecule has 0 radical (unpaired) electrons. The number of hydrogen-bond donors (Lipinski definition) is 3. The zero-order valence-electron chi connectivity index (χ0n) is 11.1. The number of furan rings is 1. The second kappa shape index (κ2) is 6.00. The van der Waals surface area contributed by atoms with Gasteiger partial charge in [-0.25, -0.2) is 4.79 Å². The summed E-state index contributed by atoms with van der Waals surface area (Å²) in [6, 6.07) is 7.03. The molecule has 21 heavy (non-hydrogen) atoms. The molecule has 2 rings (SSSR count). The van der Waals surface area contributed by atoms with Gasteiger partial charge in [-0.15, -0.1) is 0 Å². The number of carbonyl (C=O) groups is 2. The first-order chi connectivity index (χ1) is 10.0. The average molecular weight is 291 g/mol. The van der Waals surface area contributed by atoms with Crippen LogP contribution < -0.4 is 10.1 Å². The lowest BCUT2D eigenvalue weighted by Gasteiger charge is -2.07. The highest BCUT2D eigenvalue weighted by Gasteiger charge is 2.14. The predicted molar refractivity (Wildman–Crippen MR) is 71.5 cm³/mol. The number of aromatic carboxylic acids is 1. The number of carboxylic acids is 1. The normalized spacial score (nSPS) is 10.1. The fourth-order valence-corrected chi connectivity index (χ4v) is 1.67. The summed E-state index contributed by atoms with van der Waals surface area (Å²) in [6.07, 6.45) is 0. The quantitative estimate of drug-likeness (QED) is 0.772. The lowest BCUT2D eigenvalue weighted by atomic mass is 10.1. The topological polar surface area (TPSA) is 109 Å². The lowest BCUT2D eigenvalue weighted by Crippen LogP contribution is -2.22. The minimum atomic E-state index is -1.18. The Kier molecular flexibility index (Phi) is 4.13. The van der Waals surface area contributed by atoms with E-state index < -0.39 is 11.9 Å². The number of nitrogens with one attached hydrogen (secondary N) is 1. The van der Waals surface area contributed by atoms with Crippen LogP contribution in [-0.4, -0.2) is 29.2 Å². The van der Waals surface area contributed by atoms with E-state index >= 15 is 0 Å². The van der Waals surface area contributed by atoms with E-state index in [2.05, 4.69) is 5.32 Å². The Balaban J connectivity index is 2.05. The molecule has 0 atom stereocenters. The second-order valence-corrected chi connectivity index (χ2v) is 4.14. The summed E-state index contributed by atoms with van der Waals surface area (Å²) in [6.45, 7) is 0.00274. The van der Waals surface area contributed by atoms with Crippen LogP contribution in [0, 0.1) is 0 Å². The maximum atomic E-state index is 12.0. The largest absolute Gasteiger partial charge is 0.507 e. The molecule has 1 aromatic carbocycles. The van der Waals surface area contributed by atoms with Crippen molar-refractivity contribution in [2.45, 2.75) is 6.54 Å². The van der Waals surface area contributed by atoms with Crippen molar-refractivity contribution in [2.75, 3.05) is 7.11 Å². The van der Waals surface area contributed by atoms with Crippen molar-refractivity contribution in [2.24, 2.45) is 0 Å². The number of carbonyl (C=O) groups excluding carboxylic acids is 1. The monoisotopic (exact) mass is 291 g/mol. The molecule has 0 aliphatic carbocycles. The highest BCUT2D eigenvalue weighted by atomic mass is 16.5. The Morgan fingerprint density at radius 2 is 2.05 bits per heavy atom. The van der Waals surface area contributed by atoms with Crippen molar-refractivity contribution in [3.63, 3.8) is 0 Å². The van der Waals surface area contributed by atoms with Crippen LogP contribution in [0.1, 0.15) is 26.7 Å². The van der Waals surface area contributed by atoms with Crippen molar-refractivity contribution in [3.05, 3.63) is 47.4 Å². The number of benzene rings is 1. The van der Waals surface area contributed by atoms with E-state index in [-0.39, 0.29) is 23.6 Å². The Morgan fingerprint density at radius 3 is 2.67 bits per heavy atom. The van der Waals surface area contributed by atoms with E-state index in [4.69, 9.17) is 14.3 Å². The molecule has 0 saturated heterocycles. The number of amides is 1. The van der Waals surface area contributed by atoms with Crippen LogP contribution in [-0.2, 0) is 6.54 Å². The molecule has 1 aromatic heterocycles. The molecule has 7 heteroatoms. The minimum Gasteiger partial charge on any atom is -0.507 e. The van der Waals surface area contributed by atoms with Gasteiger partial charge in [-0.3, -0.25) is 4.79 Å². The van der Waals surface area contributed by atoms with Gasteiger partial charge in [0.1, 0.15) is 17.3 Å². The molecular weight excluding hydrogens is 278 g/mol. The Morgan fingerprint density at radius 1 is 1.29 bits per heavy atom. The molecule has 0 saturated carbocycles. The third-order valence-corrected chi connectivity index (χ3v) is 2.74. The van der Waals surface area contributed by atoms with Gasteiger partial charge in [0.15, 0.2) is 0 Å². The molecule has 0 fully saturated rings. The van der Waals surface area contributed by atoms with Gasteiger partial charge in [-0.05, 0) is 30.3 Å². The lowest BCUT2D eigenvalue weighted by molar-refractivity contribution is 0.0660. The average Bonchev–Trinajstić information content (AvgIpc) is 2.94. The number of hydrogen-bond acceptors (Lipinski definition) is 5. The standard InChI is InChI=1S/C14H13NO6/c1-20-8-2-4-11(16)10(6-8)13(17)15-7-9-3-5-12(21-9)14(18)19/h2-6,16H,7H2,1H3,(H,15,17)(H,18,19). The number of aromatic hydroxyl groups is 1. The fraction of sp³-hybridized carbons (Fsp3) is 0.143. The van der Waals surface area contributed by atoms with Gasteiger partial charge in [0.25, 0.3) is 5.91 Å². The number of rotatable bonds is 5. The van der Waals surface area contributed by atoms with Crippen LogP contribution in [0.3, 0.4) is 0 Å². The van der Waals surface area contributed by atoms with Gasteiger partial charge < -0.3 is 24.7 Å². The summed E-state index contributed by atoms with van der Waals surface area (Å²) >= 11 is 0. The van der Waals surface area contributed by atoms with Gasteiger partial charge in [0.2, 0.25) is 5.76 Å². The van der Waals surface area contributed by atoms with Crippen LogP contribution in [0.25, 0.3) is 0 Å². The van der Waals surface area contributed by atoms with Crippen LogP contribution in [0.5, 0.6) is 11.5 Å². The smallest absolute Gasteiger partial charge is 0.371 e. The van der Waals surface area contributed by atoms with E-state index in [1.807, 2.05) is 0 Å². The van der Waals surface area contributed by atoms with Crippen LogP contribution in [0.2, 0.25) is 0 Å². The third-order valence-electron chi connectivity index (χ3n) is 2.74. The first-order valence-electron chi connectivity index (χ1n) is 5.98. The molecule has 2 aromatic rings. The molecule has 0 spiro atoms. The molecule has 0 unspecified atom stereocenters. The van der Waals surface area contributed by atoms with Crippen molar-refractivity contribution < 1.29 is 29.0 Å². The molecule has 3 N–H and O–H groups in total. The highest BCUT2D eigenvalue weighted by Crippen LogP contribution is 2.22. The van der Waals surface area contributed by atoms with Crippen LogP contribution in [0.15, 0.2) is 34.7 Å². The number of methoxy groups -OCH3 is 1. The Bertz CT molecular complexity index is 676. The van der Waals surface area contributed by atoms with E-state index in [9.17, 15) is 14.7 Å². The minimum absolute atomic E-state index is 0.00274. The van der Waals surface area contributed by atoms with Gasteiger partial charge in [0.05, 0.1) is 19.2 Å². The Labute approximate surface area is 119 Å². The summed E-state index contributed by atoms with van der Waals surface area (Å²) < 4.78 is 9.98. The molecular formula is C14H13NO6. The van der Waals surface area contributed by atoms with Gasteiger partial charge >= 0.3 is 5.97 Å². The Hall–Kier alpha value is -2.96. The number of phenols is 1. The van der Waals surface area contributed by atoms with E-state index in [0.29, 0.717) is 11.5 Å². The molecule has 0 aliphatic rings. The summed E-state index contributed by atoms with van der Waals surface area (Å²) in [4.78, 5) is 22.6. The van der Waals surface area contributed by atoms with Crippen LogP contribution >= 0.6 is 0 Å². The third kappa shape index (κ3) is 3.33. The first-order valence-corrected chi connectivity index (χ1v) is 5.98. The number of ether oxygens (including phenoxy) is 1. The highest BCUT2D eigenvalue weighted by molar-refractivity contribution is 5.97. The molecule has 0 aliphatic heterocycles. The second-order valence-electron chi connectivity index (χ2n) is 4.14. The number of phenolic OH excluding ortho intramolecular Hbond substituents is 1. The van der Waals surface area contributed by atoms with Gasteiger partial charge in [-0.1, -0.05) is 0 Å². The molecule has 0 bridgehead atoms.